The summed E-state index contributed by atoms with van der Waals surface area (Å²) in [7, 11) is 0. The highest BCUT2D eigenvalue weighted by Gasteiger charge is 2.23. The van der Waals surface area contributed by atoms with E-state index in [0.29, 0.717) is 29.0 Å². The Morgan fingerprint density at radius 1 is 1.03 bits per heavy atom. The van der Waals surface area contributed by atoms with E-state index in [1.54, 1.807) is 6.07 Å². The van der Waals surface area contributed by atoms with Gasteiger partial charge in [0.1, 0.15) is 17.8 Å². The lowest BCUT2D eigenvalue weighted by Crippen LogP contribution is -2.43. The average molecular weight is 414 g/mol. The van der Waals surface area contributed by atoms with Crippen molar-refractivity contribution >= 4 is 38.9 Å². The Balaban J connectivity index is 1.52. The number of nitrogens with zero attached hydrogens (tertiary/aromatic N) is 4. The van der Waals surface area contributed by atoms with Crippen LogP contribution in [0.15, 0.2) is 60.9 Å². The number of nitrogens with one attached hydrogen (secondary N) is 2. The highest BCUT2D eigenvalue weighted by molar-refractivity contribution is 5.95. The van der Waals surface area contributed by atoms with E-state index in [1.807, 2.05) is 29.2 Å². The molecule has 1 aliphatic heterocycles. The van der Waals surface area contributed by atoms with Gasteiger partial charge in [0.25, 0.3) is 5.69 Å². The lowest BCUT2D eigenvalue weighted by Gasteiger charge is -2.29. The molecule has 31 heavy (non-hydrogen) atoms. The molecule has 156 valence electrons. The molecular weight excluding hydrogens is 392 g/mol. The molecule has 1 saturated heterocycles. The van der Waals surface area contributed by atoms with Crippen LogP contribution < -0.4 is 15.5 Å². The van der Waals surface area contributed by atoms with Crippen molar-refractivity contribution < 1.29 is 4.92 Å². The number of benzene rings is 3. The summed E-state index contributed by atoms with van der Waals surface area (Å²) in [5.74, 6) is 0.591. The van der Waals surface area contributed by atoms with E-state index in [-0.39, 0.29) is 10.6 Å². The zero-order chi connectivity index (χ0) is 21.2. The predicted octanol–water partition coefficient (Wildman–Crippen LogP) is 3.71. The summed E-state index contributed by atoms with van der Waals surface area (Å²) >= 11 is 0. The smallest absolute Gasteiger partial charge is 0.293 e. The van der Waals surface area contributed by atoms with Crippen molar-refractivity contribution in [3.8, 4) is 0 Å². The molecular formula is C23H22N6O2. The van der Waals surface area contributed by atoms with Crippen molar-refractivity contribution in [1.82, 2.24) is 15.3 Å². The third-order valence-corrected chi connectivity index (χ3v) is 5.71. The molecule has 0 radical (unpaired) electrons. The van der Waals surface area contributed by atoms with Gasteiger partial charge in [-0.2, -0.15) is 0 Å². The molecule has 0 saturated carbocycles. The van der Waals surface area contributed by atoms with Crippen LogP contribution in [0, 0.1) is 10.1 Å². The molecule has 2 heterocycles. The van der Waals surface area contributed by atoms with E-state index >= 15 is 0 Å². The maximum absolute atomic E-state index is 11.8. The number of piperazine rings is 1. The molecule has 5 rings (SSSR count). The minimum Gasteiger partial charge on any atom is -0.365 e. The van der Waals surface area contributed by atoms with Crippen molar-refractivity contribution in [3.05, 3.63) is 76.6 Å². The van der Waals surface area contributed by atoms with Crippen molar-refractivity contribution in [1.29, 1.82) is 0 Å². The second-order valence-electron chi connectivity index (χ2n) is 7.57. The standard InChI is InChI=1S/C23H22N6O2/c30-29(31)22-12-19-20(13-21(22)28-10-8-24-9-11-28)26-15-27-23(19)25-14-17-6-3-5-16-4-1-2-7-18(16)17/h1-7,12-13,15,24H,8-11,14H2,(H,25,26,27). The topological polar surface area (TPSA) is 96.2 Å². The maximum Gasteiger partial charge on any atom is 0.293 e. The van der Waals surface area contributed by atoms with Crippen LogP contribution in [0.5, 0.6) is 0 Å². The summed E-state index contributed by atoms with van der Waals surface area (Å²) in [6.07, 6.45) is 1.50. The molecule has 3 aromatic carbocycles. The fraction of sp³-hybridized carbons (Fsp3) is 0.217. The molecule has 2 N–H and O–H groups in total. The van der Waals surface area contributed by atoms with Crippen LogP contribution in [0.25, 0.3) is 21.7 Å². The van der Waals surface area contributed by atoms with Crippen LogP contribution >= 0.6 is 0 Å². The van der Waals surface area contributed by atoms with Crippen molar-refractivity contribution in [3.63, 3.8) is 0 Å². The molecule has 1 aromatic heterocycles. The van der Waals surface area contributed by atoms with Crippen LogP contribution in [0.4, 0.5) is 17.2 Å². The SMILES string of the molecule is O=[N+]([O-])c1cc2c(NCc3cccc4ccccc34)ncnc2cc1N1CCNCC1. The van der Waals surface area contributed by atoms with Gasteiger partial charge in [0.2, 0.25) is 0 Å². The summed E-state index contributed by atoms with van der Waals surface area (Å²) in [6, 6.07) is 17.8. The Morgan fingerprint density at radius 3 is 2.68 bits per heavy atom. The Labute approximate surface area is 179 Å². The molecule has 0 unspecified atom stereocenters. The number of rotatable bonds is 5. The second kappa shape index (κ2) is 8.16. The first-order valence-electron chi connectivity index (χ1n) is 10.3. The normalized spacial score (nSPS) is 14.1. The second-order valence-corrected chi connectivity index (χ2v) is 7.57. The van der Waals surface area contributed by atoms with E-state index < -0.39 is 0 Å². The molecule has 1 fully saturated rings. The summed E-state index contributed by atoms with van der Waals surface area (Å²) in [6.45, 7) is 3.61. The molecule has 0 spiro atoms. The zero-order valence-electron chi connectivity index (χ0n) is 16.9. The number of anilines is 2. The molecule has 4 aromatic rings. The molecule has 0 aliphatic carbocycles. The number of aromatic nitrogens is 2. The van der Waals surface area contributed by atoms with E-state index in [0.717, 1.165) is 31.7 Å². The Bertz CT molecular complexity index is 1260. The van der Waals surface area contributed by atoms with Gasteiger partial charge >= 0.3 is 0 Å². The lowest BCUT2D eigenvalue weighted by molar-refractivity contribution is -0.384. The van der Waals surface area contributed by atoms with Gasteiger partial charge in [-0.25, -0.2) is 9.97 Å². The molecule has 8 heteroatoms. The van der Waals surface area contributed by atoms with E-state index in [2.05, 4.69) is 44.9 Å². The van der Waals surface area contributed by atoms with Crippen LogP contribution in [0.3, 0.4) is 0 Å². The van der Waals surface area contributed by atoms with E-state index in [9.17, 15) is 10.1 Å². The Hall–Kier alpha value is -3.78. The van der Waals surface area contributed by atoms with Crippen molar-refractivity contribution in [2.24, 2.45) is 0 Å². The van der Waals surface area contributed by atoms with Gasteiger partial charge in [-0.3, -0.25) is 10.1 Å². The fourth-order valence-electron chi connectivity index (χ4n) is 4.15. The largest absolute Gasteiger partial charge is 0.365 e. The Morgan fingerprint density at radius 2 is 1.84 bits per heavy atom. The van der Waals surface area contributed by atoms with Crippen LogP contribution in [0.2, 0.25) is 0 Å². The van der Waals surface area contributed by atoms with E-state index in [1.165, 1.54) is 17.1 Å². The maximum atomic E-state index is 11.8. The number of fused-ring (bicyclic) bond motifs is 2. The molecule has 0 bridgehead atoms. The third-order valence-electron chi connectivity index (χ3n) is 5.71. The summed E-state index contributed by atoms with van der Waals surface area (Å²) in [5.41, 5.74) is 2.52. The first-order chi connectivity index (χ1) is 15.2. The average Bonchev–Trinajstić information content (AvgIpc) is 2.82. The first kappa shape index (κ1) is 19.2. The van der Waals surface area contributed by atoms with Crippen molar-refractivity contribution in [2.75, 3.05) is 36.4 Å². The zero-order valence-corrected chi connectivity index (χ0v) is 16.9. The highest BCUT2D eigenvalue weighted by Crippen LogP contribution is 2.35. The Kier molecular flexibility index (Phi) is 5.05. The first-order valence-corrected chi connectivity index (χ1v) is 10.3. The number of nitro benzene ring substituents is 1. The molecule has 1 aliphatic rings. The van der Waals surface area contributed by atoms with Gasteiger partial charge in [0.15, 0.2) is 0 Å². The minimum atomic E-state index is -0.321. The van der Waals surface area contributed by atoms with Gasteiger partial charge in [-0.1, -0.05) is 42.5 Å². The van der Waals surface area contributed by atoms with Crippen LogP contribution in [0.1, 0.15) is 5.56 Å². The quantitative estimate of drug-likeness (QED) is 0.380. The van der Waals surface area contributed by atoms with Gasteiger partial charge in [0.05, 0.1) is 10.4 Å². The van der Waals surface area contributed by atoms with Gasteiger partial charge in [-0.15, -0.1) is 0 Å². The molecule has 0 amide bonds. The number of hydrogen-bond acceptors (Lipinski definition) is 7. The third kappa shape index (κ3) is 3.73. The monoisotopic (exact) mass is 414 g/mol. The van der Waals surface area contributed by atoms with Crippen LogP contribution in [-0.2, 0) is 6.54 Å². The summed E-state index contributed by atoms with van der Waals surface area (Å²) in [4.78, 5) is 22.3. The van der Waals surface area contributed by atoms with Gasteiger partial charge in [0, 0.05) is 44.2 Å². The van der Waals surface area contributed by atoms with E-state index in [4.69, 9.17) is 0 Å². The lowest BCUT2D eigenvalue weighted by atomic mass is 10.0. The molecule has 8 nitrogen and oxygen atoms in total. The summed E-state index contributed by atoms with van der Waals surface area (Å²) < 4.78 is 0. The van der Waals surface area contributed by atoms with Gasteiger partial charge in [-0.05, 0) is 22.4 Å². The van der Waals surface area contributed by atoms with Gasteiger partial charge < -0.3 is 15.5 Å². The number of hydrogen-bond donors (Lipinski definition) is 2. The predicted molar refractivity (Wildman–Crippen MR) is 123 cm³/mol. The highest BCUT2D eigenvalue weighted by atomic mass is 16.6. The fourth-order valence-corrected chi connectivity index (χ4v) is 4.15. The van der Waals surface area contributed by atoms with Crippen molar-refractivity contribution in [2.45, 2.75) is 6.54 Å². The van der Waals surface area contributed by atoms with Crippen LogP contribution in [-0.4, -0.2) is 41.1 Å². The summed E-state index contributed by atoms with van der Waals surface area (Å²) in [5, 5.41) is 21.5. The molecule has 0 atom stereocenters. The minimum absolute atomic E-state index is 0.0809. The number of nitro groups is 1.